The van der Waals surface area contributed by atoms with Gasteiger partial charge in [0.25, 0.3) is 0 Å². The first kappa shape index (κ1) is 17.8. The molecule has 0 saturated carbocycles. The van der Waals surface area contributed by atoms with Crippen molar-refractivity contribution >= 4 is 17.7 Å². The third kappa shape index (κ3) is 4.36. The SMILES string of the molecule is O=C(O)c1cccc(N2CCC(C(=O)NCc3ccc(F)cc3)CC2)n1. The Morgan fingerprint density at radius 3 is 2.50 bits per heavy atom. The normalized spacial score (nSPS) is 14.9. The minimum absolute atomic E-state index is 0.0128. The van der Waals surface area contributed by atoms with Crippen LogP contribution < -0.4 is 10.2 Å². The summed E-state index contributed by atoms with van der Waals surface area (Å²) in [5.74, 6) is -0.833. The van der Waals surface area contributed by atoms with E-state index >= 15 is 0 Å². The lowest BCUT2D eigenvalue weighted by Crippen LogP contribution is -2.40. The summed E-state index contributed by atoms with van der Waals surface area (Å²) in [6.45, 7) is 1.66. The molecular formula is C19H20FN3O3. The van der Waals surface area contributed by atoms with E-state index in [0.29, 0.717) is 38.3 Å². The lowest BCUT2D eigenvalue weighted by atomic mass is 9.95. The number of benzene rings is 1. The molecule has 1 aliphatic rings. The van der Waals surface area contributed by atoms with Crippen molar-refractivity contribution in [2.45, 2.75) is 19.4 Å². The van der Waals surface area contributed by atoms with Gasteiger partial charge in [0.1, 0.15) is 11.6 Å². The number of anilines is 1. The van der Waals surface area contributed by atoms with Crippen molar-refractivity contribution in [2.24, 2.45) is 5.92 Å². The van der Waals surface area contributed by atoms with E-state index in [1.54, 1.807) is 24.3 Å². The van der Waals surface area contributed by atoms with Crippen LogP contribution in [0.3, 0.4) is 0 Å². The Balaban J connectivity index is 1.51. The predicted octanol–water partition coefficient (Wildman–Crippen LogP) is 2.45. The number of nitrogens with one attached hydrogen (secondary N) is 1. The molecule has 6 nitrogen and oxygen atoms in total. The maximum Gasteiger partial charge on any atom is 0.354 e. The van der Waals surface area contributed by atoms with Crippen molar-refractivity contribution in [2.75, 3.05) is 18.0 Å². The molecular weight excluding hydrogens is 337 g/mol. The van der Waals surface area contributed by atoms with Crippen LogP contribution in [0, 0.1) is 11.7 Å². The fourth-order valence-corrected chi connectivity index (χ4v) is 3.03. The van der Waals surface area contributed by atoms with E-state index in [4.69, 9.17) is 5.11 Å². The molecule has 0 aliphatic carbocycles. The van der Waals surface area contributed by atoms with E-state index in [2.05, 4.69) is 10.3 Å². The van der Waals surface area contributed by atoms with Crippen LogP contribution >= 0.6 is 0 Å². The Morgan fingerprint density at radius 1 is 1.15 bits per heavy atom. The highest BCUT2D eigenvalue weighted by atomic mass is 19.1. The molecule has 0 unspecified atom stereocenters. The van der Waals surface area contributed by atoms with Gasteiger partial charge >= 0.3 is 5.97 Å². The summed E-state index contributed by atoms with van der Waals surface area (Å²) in [4.78, 5) is 29.5. The number of pyridine rings is 1. The number of aromatic nitrogens is 1. The first-order valence-corrected chi connectivity index (χ1v) is 8.50. The number of hydrogen-bond acceptors (Lipinski definition) is 4. The number of carbonyl (C=O) groups is 2. The second kappa shape index (κ2) is 7.95. The van der Waals surface area contributed by atoms with Gasteiger partial charge in [0.2, 0.25) is 5.91 Å². The number of carbonyl (C=O) groups excluding carboxylic acids is 1. The second-order valence-corrected chi connectivity index (χ2v) is 6.29. The topological polar surface area (TPSA) is 82.5 Å². The fourth-order valence-electron chi connectivity index (χ4n) is 3.03. The number of piperidine rings is 1. The van der Waals surface area contributed by atoms with Crippen LogP contribution in [0.1, 0.15) is 28.9 Å². The first-order valence-electron chi connectivity index (χ1n) is 8.50. The molecule has 1 aliphatic heterocycles. The number of amides is 1. The zero-order valence-corrected chi connectivity index (χ0v) is 14.2. The van der Waals surface area contributed by atoms with Crippen molar-refractivity contribution in [1.82, 2.24) is 10.3 Å². The van der Waals surface area contributed by atoms with Crippen LogP contribution in [0.15, 0.2) is 42.5 Å². The molecule has 0 radical (unpaired) electrons. The summed E-state index contributed by atoms with van der Waals surface area (Å²) in [7, 11) is 0. The van der Waals surface area contributed by atoms with Crippen LogP contribution in [0.5, 0.6) is 0 Å². The molecule has 1 aromatic heterocycles. The number of halogens is 1. The molecule has 7 heteroatoms. The number of carboxylic acid groups (broad SMARTS) is 1. The molecule has 1 fully saturated rings. The Bertz CT molecular complexity index is 787. The van der Waals surface area contributed by atoms with Gasteiger partial charge in [-0.15, -0.1) is 0 Å². The number of carboxylic acids is 1. The maximum atomic E-state index is 12.9. The number of hydrogen-bond donors (Lipinski definition) is 2. The molecule has 0 spiro atoms. The monoisotopic (exact) mass is 357 g/mol. The van der Waals surface area contributed by atoms with Crippen molar-refractivity contribution < 1.29 is 19.1 Å². The zero-order chi connectivity index (χ0) is 18.5. The molecule has 3 rings (SSSR count). The Labute approximate surface area is 150 Å². The van der Waals surface area contributed by atoms with Crippen LogP contribution in [-0.2, 0) is 11.3 Å². The summed E-state index contributed by atoms with van der Waals surface area (Å²) >= 11 is 0. The van der Waals surface area contributed by atoms with Gasteiger partial charge in [0.05, 0.1) is 0 Å². The van der Waals surface area contributed by atoms with Crippen LogP contribution in [-0.4, -0.2) is 35.1 Å². The predicted molar refractivity (Wildman–Crippen MR) is 94.4 cm³/mol. The van der Waals surface area contributed by atoms with E-state index < -0.39 is 5.97 Å². The van der Waals surface area contributed by atoms with E-state index in [1.807, 2.05) is 4.90 Å². The molecule has 1 amide bonds. The highest BCUT2D eigenvalue weighted by Crippen LogP contribution is 2.22. The third-order valence-corrected chi connectivity index (χ3v) is 4.52. The van der Waals surface area contributed by atoms with Gasteiger partial charge in [-0.2, -0.15) is 0 Å². The van der Waals surface area contributed by atoms with E-state index in [0.717, 1.165) is 5.56 Å². The van der Waals surface area contributed by atoms with Gasteiger partial charge in [0.15, 0.2) is 5.69 Å². The lowest BCUT2D eigenvalue weighted by Gasteiger charge is -2.32. The summed E-state index contributed by atoms with van der Waals surface area (Å²) in [6.07, 6.45) is 1.35. The smallest absolute Gasteiger partial charge is 0.354 e. The number of nitrogens with zero attached hydrogens (tertiary/aromatic N) is 2. The summed E-state index contributed by atoms with van der Waals surface area (Å²) in [5.41, 5.74) is 0.869. The van der Waals surface area contributed by atoms with Gasteiger partial charge in [-0.05, 0) is 42.7 Å². The van der Waals surface area contributed by atoms with Crippen molar-refractivity contribution in [3.05, 3.63) is 59.5 Å². The van der Waals surface area contributed by atoms with Crippen molar-refractivity contribution in [3.8, 4) is 0 Å². The van der Waals surface area contributed by atoms with Crippen LogP contribution in [0.25, 0.3) is 0 Å². The Morgan fingerprint density at radius 2 is 1.85 bits per heavy atom. The van der Waals surface area contributed by atoms with Gasteiger partial charge in [-0.25, -0.2) is 14.2 Å². The highest BCUT2D eigenvalue weighted by Gasteiger charge is 2.25. The molecule has 2 N–H and O–H groups in total. The standard InChI is InChI=1S/C19H20FN3O3/c20-15-6-4-13(5-7-15)12-21-18(24)14-8-10-23(11-9-14)17-3-1-2-16(22-17)19(25)26/h1-7,14H,8-12H2,(H,21,24)(H,25,26). The van der Waals surface area contributed by atoms with Crippen LogP contribution in [0.4, 0.5) is 10.2 Å². The first-order chi connectivity index (χ1) is 12.5. The molecule has 0 bridgehead atoms. The average molecular weight is 357 g/mol. The molecule has 0 atom stereocenters. The molecule has 2 aromatic rings. The summed E-state index contributed by atoms with van der Waals surface area (Å²) in [6, 6.07) is 11.0. The van der Waals surface area contributed by atoms with Crippen LogP contribution in [0.2, 0.25) is 0 Å². The second-order valence-electron chi connectivity index (χ2n) is 6.29. The lowest BCUT2D eigenvalue weighted by molar-refractivity contribution is -0.125. The van der Waals surface area contributed by atoms with Crippen molar-refractivity contribution in [3.63, 3.8) is 0 Å². The largest absolute Gasteiger partial charge is 0.477 e. The fraction of sp³-hybridized carbons (Fsp3) is 0.316. The van der Waals surface area contributed by atoms with Gasteiger partial charge in [-0.3, -0.25) is 4.79 Å². The molecule has 2 heterocycles. The van der Waals surface area contributed by atoms with Gasteiger partial charge in [-0.1, -0.05) is 18.2 Å². The number of aromatic carboxylic acids is 1. The van der Waals surface area contributed by atoms with Gasteiger partial charge < -0.3 is 15.3 Å². The Kier molecular flexibility index (Phi) is 5.46. The minimum Gasteiger partial charge on any atom is -0.477 e. The summed E-state index contributed by atoms with van der Waals surface area (Å²) in [5, 5.41) is 11.9. The van der Waals surface area contributed by atoms with E-state index in [1.165, 1.54) is 18.2 Å². The number of rotatable bonds is 5. The summed E-state index contributed by atoms with van der Waals surface area (Å²) < 4.78 is 12.9. The maximum absolute atomic E-state index is 12.9. The van der Waals surface area contributed by atoms with E-state index in [9.17, 15) is 14.0 Å². The van der Waals surface area contributed by atoms with Crippen molar-refractivity contribution in [1.29, 1.82) is 0 Å². The molecule has 26 heavy (non-hydrogen) atoms. The zero-order valence-electron chi connectivity index (χ0n) is 14.2. The quantitative estimate of drug-likeness (QED) is 0.859. The molecule has 1 aromatic carbocycles. The van der Waals surface area contributed by atoms with Gasteiger partial charge in [0, 0.05) is 25.6 Å². The van der Waals surface area contributed by atoms with E-state index in [-0.39, 0.29) is 23.3 Å². The third-order valence-electron chi connectivity index (χ3n) is 4.52. The average Bonchev–Trinajstić information content (AvgIpc) is 2.67. The molecule has 136 valence electrons. The Hall–Kier alpha value is -2.96. The highest BCUT2D eigenvalue weighted by molar-refractivity contribution is 5.85. The minimum atomic E-state index is -1.05. The molecule has 1 saturated heterocycles.